The zero-order valence-corrected chi connectivity index (χ0v) is 18.5. The predicted molar refractivity (Wildman–Crippen MR) is 110 cm³/mol. The van der Waals surface area contributed by atoms with Crippen LogP contribution in [-0.4, -0.2) is 55.9 Å². The van der Waals surface area contributed by atoms with Gasteiger partial charge in [-0.05, 0) is 30.3 Å². The Hall–Kier alpha value is -3.76. The highest BCUT2D eigenvalue weighted by atomic mass is 16.6. The molecule has 0 amide bonds. The number of methoxy groups -OCH3 is 1. The highest BCUT2D eigenvalue weighted by Gasteiger charge is 2.36. The van der Waals surface area contributed by atoms with Crippen LogP contribution in [0.4, 0.5) is 5.69 Å². The van der Waals surface area contributed by atoms with Gasteiger partial charge in [0.2, 0.25) is 0 Å². The van der Waals surface area contributed by atoms with Gasteiger partial charge in [-0.25, -0.2) is 0 Å². The van der Waals surface area contributed by atoms with Crippen molar-refractivity contribution in [1.82, 2.24) is 0 Å². The molecular formula is C21H26N2O9. The van der Waals surface area contributed by atoms with Gasteiger partial charge in [-0.1, -0.05) is 0 Å². The molecule has 1 rings (SSSR count). The number of esters is 4. The summed E-state index contributed by atoms with van der Waals surface area (Å²) in [6.45, 7) is 4.14. The number of rotatable bonds is 11. The summed E-state index contributed by atoms with van der Waals surface area (Å²) in [5.41, 5.74) is 0.531. The number of hydrogen-bond acceptors (Lipinski definition) is 11. The molecule has 0 aliphatic carbocycles. The third kappa shape index (κ3) is 10.3. The van der Waals surface area contributed by atoms with Crippen LogP contribution in [0.15, 0.2) is 46.8 Å². The van der Waals surface area contributed by atoms with Gasteiger partial charge in [0.1, 0.15) is 12.4 Å². The molecule has 0 bridgehead atoms. The molecule has 11 nitrogen and oxygen atoms in total. The van der Waals surface area contributed by atoms with E-state index in [0.717, 1.165) is 27.7 Å². The average molecular weight is 450 g/mol. The summed E-state index contributed by atoms with van der Waals surface area (Å²) < 4.78 is 25.5. The van der Waals surface area contributed by atoms with E-state index in [1.165, 1.54) is 12.3 Å². The summed E-state index contributed by atoms with van der Waals surface area (Å²) in [7, 11) is 1.54. The maximum atomic E-state index is 11.7. The minimum atomic E-state index is -1.31. The third-order valence-electron chi connectivity index (χ3n) is 3.65. The minimum Gasteiger partial charge on any atom is -0.497 e. The summed E-state index contributed by atoms with van der Waals surface area (Å²) in [4.78, 5) is 46.0. The number of ether oxygens (including phenoxy) is 5. The minimum absolute atomic E-state index is 0.425. The number of benzene rings is 1. The number of nitrogens with zero attached hydrogens (tertiary/aromatic N) is 2. The fraction of sp³-hybridized carbons (Fsp3) is 0.429. The van der Waals surface area contributed by atoms with Crippen LogP contribution in [-0.2, 0) is 38.1 Å². The quantitative estimate of drug-likeness (QED) is 0.283. The Morgan fingerprint density at radius 1 is 0.875 bits per heavy atom. The summed E-state index contributed by atoms with van der Waals surface area (Å²) in [6, 6.07) is 6.76. The average Bonchev–Trinajstić information content (AvgIpc) is 2.71. The Morgan fingerprint density at radius 2 is 1.47 bits per heavy atom. The van der Waals surface area contributed by atoms with Gasteiger partial charge < -0.3 is 23.7 Å². The summed E-state index contributed by atoms with van der Waals surface area (Å²) in [5.74, 6) is -2.14. The predicted octanol–water partition coefficient (Wildman–Crippen LogP) is 2.65. The molecule has 0 aliphatic rings. The van der Waals surface area contributed by atoms with Crippen LogP contribution in [0.2, 0.25) is 0 Å². The maximum Gasteiger partial charge on any atom is 0.303 e. The van der Waals surface area contributed by atoms with Gasteiger partial charge in [-0.15, -0.1) is 0 Å². The topological polar surface area (TPSA) is 139 Å². The van der Waals surface area contributed by atoms with Crippen LogP contribution in [0.5, 0.6) is 5.75 Å². The Labute approximate surface area is 185 Å². The van der Waals surface area contributed by atoms with Gasteiger partial charge in [-0.3, -0.25) is 19.2 Å². The van der Waals surface area contributed by atoms with Crippen molar-refractivity contribution in [2.24, 2.45) is 10.2 Å². The molecule has 0 unspecified atom stereocenters. The lowest BCUT2D eigenvalue weighted by Gasteiger charge is -2.30. The molecule has 174 valence electrons. The first-order valence-electron chi connectivity index (χ1n) is 9.49. The third-order valence-corrected chi connectivity index (χ3v) is 3.65. The molecule has 0 saturated carbocycles. The molecule has 0 saturated heterocycles. The van der Waals surface area contributed by atoms with Crippen molar-refractivity contribution in [1.29, 1.82) is 0 Å². The zero-order valence-electron chi connectivity index (χ0n) is 18.5. The lowest BCUT2D eigenvalue weighted by molar-refractivity contribution is -0.185. The van der Waals surface area contributed by atoms with Crippen LogP contribution in [0.1, 0.15) is 27.7 Å². The molecule has 0 fully saturated rings. The molecule has 1 aromatic rings. The maximum absolute atomic E-state index is 11.7. The monoisotopic (exact) mass is 450 g/mol. The van der Waals surface area contributed by atoms with Crippen LogP contribution < -0.4 is 4.74 Å². The second-order valence-corrected chi connectivity index (χ2v) is 6.35. The number of azo groups is 1. The normalized spacial score (nSPS) is 13.8. The van der Waals surface area contributed by atoms with Crippen molar-refractivity contribution in [2.45, 2.75) is 46.0 Å². The van der Waals surface area contributed by atoms with E-state index in [9.17, 15) is 19.2 Å². The van der Waals surface area contributed by atoms with Gasteiger partial charge in [0.05, 0.1) is 12.8 Å². The smallest absolute Gasteiger partial charge is 0.303 e. The van der Waals surface area contributed by atoms with Crippen LogP contribution in [0.3, 0.4) is 0 Å². The van der Waals surface area contributed by atoms with E-state index < -0.39 is 48.8 Å². The first-order chi connectivity index (χ1) is 15.1. The molecular weight excluding hydrogens is 424 g/mol. The largest absolute Gasteiger partial charge is 0.497 e. The molecule has 0 aromatic heterocycles. The highest BCUT2D eigenvalue weighted by Crippen LogP contribution is 2.19. The lowest BCUT2D eigenvalue weighted by Crippen LogP contribution is -2.46. The van der Waals surface area contributed by atoms with E-state index >= 15 is 0 Å². The fourth-order valence-corrected chi connectivity index (χ4v) is 2.43. The Bertz CT molecular complexity index is 849. The number of hydrogen-bond donors (Lipinski definition) is 0. The van der Waals surface area contributed by atoms with E-state index in [-0.39, 0.29) is 0 Å². The Kier molecular flexibility index (Phi) is 11.1. The molecule has 3 atom stereocenters. The second-order valence-electron chi connectivity index (χ2n) is 6.35. The Balaban J connectivity index is 3.13. The van der Waals surface area contributed by atoms with E-state index in [1.807, 2.05) is 0 Å². The van der Waals surface area contributed by atoms with Crippen molar-refractivity contribution in [3.05, 3.63) is 36.5 Å². The van der Waals surface area contributed by atoms with E-state index in [2.05, 4.69) is 10.2 Å². The van der Waals surface area contributed by atoms with Gasteiger partial charge in [0, 0.05) is 33.9 Å². The molecule has 32 heavy (non-hydrogen) atoms. The zero-order chi connectivity index (χ0) is 24.1. The summed E-state index contributed by atoms with van der Waals surface area (Å²) >= 11 is 0. The van der Waals surface area contributed by atoms with Gasteiger partial charge >= 0.3 is 23.9 Å². The highest BCUT2D eigenvalue weighted by molar-refractivity contribution is 5.69. The van der Waals surface area contributed by atoms with Crippen molar-refractivity contribution in [2.75, 3.05) is 13.7 Å². The Morgan fingerprint density at radius 3 is 1.97 bits per heavy atom. The SMILES string of the molecule is COc1ccc(N=N/C=C/[C@@H](OC(C)=O)[C@H](OC(C)=O)[C@@H](COC(C)=O)OC(C)=O)cc1. The standard InChI is InChI=1S/C21H26N2O9/c1-13(24)29-12-20(31-15(3)26)21(32-16(4)27)19(30-14(2)25)10-11-22-23-17-6-8-18(28-5)9-7-17/h6-11,19-21H,12H2,1-5H3/b11-10+,23-22?/t19-,20-,21+/m1/s1. The molecule has 0 aliphatic heterocycles. The molecule has 0 heterocycles. The van der Waals surface area contributed by atoms with Crippen LogP contribution in [0, 0.1) is 0 Å². The van der Waals surface area contributed by atoms with Gasteiger partial charge in [0.15, 0.2) is 18.3 Å². The molecule has 0 spiro atoms. The molecule has 0 N–H and O–H groups in total. The van der Waals surface area contributed by atoms with Crippen molar-refractivity contribution < 1.29 is 42.9 Å². The first-order valence-corrected chi connectivity index (χ1v) is 9.49. The van der Waals surface area contributed by atoms with Crippen molar-refractivity contribution >= 4 is 29.6 Å². The molecule has 11 heteroatoms. The van der Waals surface area contributed by atoms with Crippen LogP contribution in [0.25, 0.3) is 0 Å². The number of carbonyl (C=O) groups excluding carboxylic acids is 4. The summed E-state index contributed by atoms with van der Waals surface area (Å²) in [5, 5.41) is 7.86. The second kappa shape index (κ2) is 13.5. The van der Waals surface area contributed by atoms with E-state index in [1.54, 1.807) is 31.4 Å². The van der Waals surface area contributed by atoms with Crippen molar-refractivity contribution in [3.63, 3.8) is 0 Å². The van der Waals surface area contributed by atoms with Crippen molar-refractivity contribution in [3.8, 4) is 5.75 Å². The molecule has 0 radical (unpaired) electrons. The fourth-order valence-electron chi connectivity index (χ4n) is 2.43. The number of carbonyl (C=O) groups is 4. The van der Waals surface area contributed by atoms with Gasteiger partial charge in [-0.2, -0.15) is 10.2 Å². The first kappa shape index (κ1) is 26.3. The summed E-state index contributed by atoms with van der Waals surface area (Å²) in [6.07, 6.45) is -1.25. The van der Waals surface area contributed by atoms with E-state index in [4.69, 9.17) is 23.7 Å². The van der Waals surface area contributed by atoms with E-state index in [0.29, 0.717) is 11.4 Å². The lowest BCUT2D eigenvalue weighted by atomic mass is 10.1. The van der Waals surface area contributed by atoms with Crippen LogP contribution >= 0.6 is 0 Å². The molecule has 1 aromatic carbocycles. The van der Waals surface area contributed by atoms with Gasteiger partial charge in [0.25, 0.3) is 0 Å².